The predicted octanol–water partition coefficient (Wildman–Crippen LogP) is 2.75. The molecule has 4 saturated heterocycles. The van der Waals surface area contributed by atoms with Crippen LogP contribution in [0.3, 0.4) is 0 Å². The number of hydrogen-bond donors (Lipinski definition) is 2. The third-order valence-corrected chi connectivity index (χ3v) is 13.8. The molecular weight excluding hydrogens is 819 g/mol. The minimum Gasteiger partial charge on any atom is -0.380 e. The van der Waals surface area contributed by atoms with Gasteiger partial charge in [-0.2, -0.15) is 0 Å². The number of aromatic nitrogens is 2. The molecule has 2 atom stereocenters. The molecule has 338 valence electrons. The number of imide groups is 1. The quantitative estimate of drug-likeness (QED) is 0.168. The van der Waals surface area contributed by atoms with Crippen LogP contribution in [0.5, 0.6) is 0 Å². The molecule has 0 saturated carbocycles. The fourth-order valence-corrected chi connectivity index (χ4v) is 9.80. The van der Waals surface area contributed by atoms with Crippen LogP contribution in [0.4, 0.5) is 10.6 Å². The van der Waals surface area contributed by atoms with Gasteiger partial charge in [-0.3, -0.25) is 34.1 Å². The van der Waals surface area contributed by atoms with E-state index in [-0.39, 0.29) is 98.5 Å². The van der Waals surface area contributed by atoms with E-state index in [4.69, 9.17) is 15.5 Å². The summed E-state index contributed by atoms with van der Waals surface area (Å²) in [6, 6.07) is 13.0. The number of hydrogen-bond acceptors (Lipinski definition) is 11. The SMILES string of the molecule is CN1CCN([C@@H]2CCCN(c3cnc(C(N)=O)c(Cc4ccc(C5(C)CCN(C(=O)CCOCCC(=O)Cc6cccc7c6CN(C6CCC(=O)NC6=O)C7=O)CC5)cc4)n3)C2)C1=O. The normalized spacial score (nSPS) is 21.1. The maximum absolute atomic E-state index is 13.2. The second-order valence-electron chi connectivity index (χ2n) is 18.0. The lowest BCUT2D eigenvalue weighted by atomic mass is 9.74. The summed E-state index contributed by atoms with van der Waals surface area (Å²) in [5.41, 5.74) is 10.4. The summed E-state index contributed by atoms with van der Waals surface area (Å²) < 4.78 is 5.73. The van der Waals surface area contributed by atoms with E-state index in [0.29, 0.717) is 49.7 Å². The van der Waals surface area contributed by atoms with Gasteiger partial charge in [0.25, 0.3) is 11.8 Å². The standard InChI is InChI=1S/C47H57N9O8/c1-47(32-10-8-30(9-11-32)25-37-42(43(48)60)49-27-39(50-37)54-18-4-6-33(28-54)55-22-21-52(2)46(55)63)16-19-53(20-17-47)41(59)15-24-64-23-14-34(57)26-31-5-3-7-35-36(31)29-56(45(35)62)38-12-13-40(58)51-44(38)61/h3,5,7-11,27,33,38H,4,6,12-26,28-29H2,1-2H3,(H2,48,60)(H,51,58,61)/t33-,38?/m1/s1. The van der Waals surface area contributed by atoms with Crippen LogP contribution in [-0.2, 0) is 48.7 Å². The van der Waals surface area contributed by atoms with Crippen molar-refractivity contribution in [3.63, 3.8) is 0 Å². The number of carbonyl (C=O) groups excluding carboxylic acids is 7. The van der Waals surface area contributed by atoms with Crippen LogP contribution in [0.25, 0.3) is 0 Å². The minimum absolute atomic E-state index is 0.0135. The molecule has 5 aliphatic heterocycles. The number of fused-ring (bicyclic) bond motifs is 1. The molecule has 17 heteroatoms. The van der Waals surface area contributed by atoms with Crippen LogP contribution >= 0.6 is 0 Å². The number of rotatable bonds is 15. The van der Waals surface area contributed by atoms with Crippen LogP contribution in [0, 0.1) is 0 Å². The fourth-order valence-electron chi connectivity index (χ4n) is 9.80. The van der Waals surface area contributed by atoms with Gasteiger partial charge in [0.15, 0.2) is 0 Å². The molecule has 3 aromatic rings. The number of amides is 7. The Labute approximate surface area is 372 Å². The zero-order valence-corrected chi connectivity index (χ0v) is 36.7. The highest BCUT2D eigenvalue weighted by atomic mass is 16.5. The van der Waals surface area contributed by atoms with E-state index < -0.39 is 17.9 Å². The number of urea groups is 1. The number of piperidine rings is 3. The number of nitrogens with two attached hydrogens (primary N) is 1. The minimum atomic E-state index is -0.721. The molecule has 0 aliphatic carbocycles. The smallest absolute Gasteiger partial charge is 0.320 e. The van der Waals surface area contributed by atoms with E-state index in [1.807, 2.05) is 22.9 Å². The lowest BCUT2D eigenvalue weighted by Gasteiger charge is -2.40. The van der Waals surface area contributed by atoms with Crippen molar-refractivity contribution in [3.8, 4) is 0 Å². The summed E-state index contributed by atoms with van der Waals surface area (Å²) in [7, 11) is 1.83. The van der Waals surface area contributed by atoms with Crippen molar-refractivity contribution in [1.29, 1.82) is 0 Å². The number of benzene rings is 2. The Kier molecular flexibility index (Phi) is 13.1. The average Bonchev–Trinajstić information content (AvgIpc) is 3.81. The molecule has 3 N–H and O–H groups in total. The van der Waals surface area contributed by atoms with Crippen molar-refractivity contribution in [2.45, 2.75) is 95.2 Å². The summed E-state index contributed by atoms with van der Waals surface area (Å²) >= 11 is 0. The zero-order chi connectivity index (χ0) is 45.1. The number of primary amides is 1. The molecule has 1 aromatic heterocycles. The Morgan fingerprint density at radius 2 is 1.69 bits per heavy atom. The molecule has 1 unspecified atom stereocenters. The number of likely N-dealkylation sites (N-methyl/N-ethyl adjacent to an activating group) is 1. The van der Waals surface area contributed by atoms with Gasteiger partial charge < -0.3 is 35.0 Å². The molecule has 17 nitrogen and oxygen atoms in total. The van der Waals surface area contributed by atoms with E-state index in [9.17, 15) is 33.6 Å². The summed E-state index contributed by atoms with van der Waals surface area (Å²) in [5.74, 6) is -1.10. The average molecular weight is 876 g/mol. The summed E-state index contributed by atoms with van der Waals surface area (Å²) in [4.78, 5) is 107. The summed E-state index contributed by atoms with van der Waals surface area (Å²) in [6.07, 6.45) is 6.37. The first-order valence-corrected chi connectivity index (χ1v) is 22.4. The van der Waals surface area contributed by atoms with Gasteiger partial charge in [0.05, 0.1) is 37.6 Å². The van der Waals surface area contributed by atoms with Crippen molar-refractivity contribution >= 4 is 47.2 Å². The number of anilines is 1. The number of nitrogens with zero attached hydrogens (tertiary/aromatic N) is 7. The lowest BCUT2D eigenvalue weighted by Crippen LogP contribution is -2.52. The Morgan fingerprint density at radius 1 is 0.922 bits per heavy atom. The van der Waals surface area contributed by atoms with Crippen molar-refractivity contribution in [1.82, 2.24) is 34.9 Å². The molecule has 8 rings (SSSR count). The van der Waals surface area contributed by atoms with E-state index in [0.717, 1.165) is 55.5 Å². The van der Waals surface area contributed by atoms with Crippen molar-refractivity contribution in [2.24, 2.45) is 5.73 Å². The van der Waals surface area contributed by atoms with Crippen molar-refractivity contribution < 1.29 is 38.3 Å². The van der Waals surface area contributed by atoms with Gasteiger partial charge in [0.2, 0.25) is 17.7 Å². The van der Waals surface area contributed by atoms with Crippen LogP contribution in [0.1, 0.15) is 107 Å². The van der Waals surface area contributed by atoms with E-state index in [1.165, 1.54) is 10.5 Å². The number of ketones is 1. The topological polar surface area (TPSA) is 209 Å². The van der Waals surface area contributed by atoms with Crippen LogP contribution in [-0.4, -0.2) is 143 Å². The molecule has 64 heavy (non-hydrogen) atoms. The van der Waals surface area contributed by atoms with Gasteiger partial charge in [-0.25, -0.2) is 14.8 Å². The largest absolute Gasteiger partial charge is 0.380 e. The Morgan fingerprint density at radius 3 is 2.41 bits per heavy atom. The highest BCUT2D eigenvalue weighted by Gasteiger charge is 2.40. The maximum Gasteiger partial charge on any atom is 0.320 e. The first kappa shape index (κ1) is 44.4. The van der Waals surface area contributed by atoms with Gasteiger partial charge in [-0.1, -0.05) is 43.3 Å². The molecule has 7 amide bonds. The van der Waals surface area contributed by atoms with Gasteiger partial charge in [0, 0.05) is 84.1 Å². The molecule has 0 radical (unpaired) electrons. The molecule has 0 spiro atoms. The first-order chi connectivity index (χ1) is 30.8. The molecule has 0 bridgehead atoms. The Balaban J connectivity index is 0.776. The molecule has 4 fully saturated rings. The molecule has 6 heterocycles. The number of ether oxygens (including phenoxy) is 1. The summed E-state index contributed by atoms with van der Waals surface area (Å²) in [5, 5.41) is 2.31. The second kappa shape index (κ2) is 18.9. The molecular formula is C47H57N9O8. The van der Waals surface area contributed by atoms with Crippen molar-refractivity contribution in [3.05, 3.63) is 87.9 Å². The highest BCUT2D eigenvalue weighted by Crippen LogP contribution is 2.36. The molecule has 2 aromatic carbocycles. The first-order valence-electron chi connectivity index (χ1n) is 22.4. The van der Waals surface area contributed by atoms with Gasteiger partial charge in [-0.15, -0.1) is 0 Å². The number of nitrogens with one attached hydrogen (secondary N) is 1. The highest BCUT2D eigenvalue weighted by molar-refractivity contribution is 6.05. The van der Waals surface area contributed by atoms with Crippen LogP contribution < -0.4 is 16.0 Å². The van der Waals surface area contributed by atoms with Gasteiger partial charge in [0.1, 0.15) is 23.3 Å². The van der Waals surface area contributed by atoms with Gasteiger partial charge >= 0.3 is 6.03 Å². The second-order valence-corrected chi connectivity index (χ2v) is 18.0. The van der Waals surface area contributed by atoms with E-state index in [2.05, 4.69) is 46.4 Å². The van der Waals surface area contributed by atoms with Crippen molar-refractivity contribution in [2.75, 3.05) is 64.4 Å². The Bertz CT molecular complexity index is 2330. The zero-order valence-electron chi connectivity index (χ0n) is 36.7. The Hall–Kier alpha value is -6.23. The van der Waals surface area contributed by atoms with Gasteiger partial charge in [-0.05, 0) is 65.8 Å². The third kappa shape index (κ3) is 9.49. The third-order valence-electron chi connectivity index (χ3n) is 13.8. The number of Topliss-reactive ketones (excluding diaryl/α,β-unsaturated/α-hetero) is 1. The lowest BCUT2D eigenvalue weighted by molar-refractivity contribution is -0.137. The van der Waals surface area contributed by atoms with E-state index in [1.54, 1.807) is 23.2 Å². The summed E-state index contributed by atoms with van der Waals surface area (Å²) in [6.45, 7) is 6.92. The maximum atomic E-state index is 13.2. The number of likely N-dealkylation sites (tertiary alicyclic amines) is 1. The van der Waals surface area contributed by atoms with E-state index >= 15 is 0 Å². The molecule has 5 aliphatic rings. The van der Waals surface area contributed by atoms with Crippen LogP contribution in [0.15, 0.2) is 48.7 Å². The fraction of sp³-hybridized carbons (Fsp3) is 0.511. The predicted molar refractivity (Wildman–Crippen MR) is 234 cm³/mol. The van der Waals surface area contributed by atoms with Crippen LogP contribution in [0.2, 0.25) is 0 Å². The number of carbonyl (C=O) groups is 7. The monoisotopic (exact) mass is 875 g/mol.